The van der Waals surface area contributed by atoms with Gasteiger partial charge in [-0.1, -0.05) is 25.4 Å². The molecule has 0 fully saturated rings. The van der Waals surface area contributed by atoms with Gasteiger partial charge in [-0.15, -0.1) is 0 Å². The third-order valence-corrected chi connectivity index (χ3v) is 4.46. The van der Waals surface area contributed by atoms with Gasteiger partial charge < -0.3 is 10.5 Å². The molecule has 3 aromatic heterocycles. The second-order valence-corrected chi connectivity index (χ2v) is 6.67. The average molecular weight is 361 g/mol. The van der Waals surface area contributed by atoms with E-state index in [-0.39, 0.29) is 11.9 Å². The number of fused-ring (bicyclic) bond motifs is 1. The van der Waals surface area contributed by atoms with Crippen molar-refractivity contribution in [2.24, 2.45) is 0 Å². The number of aromatic nitrogens is 5. The van der Waals surface area contributed by atoms with Crippen LogP contribution in [0.5, 0.6) is 5.75 Å². The summed E-state index contributed by atoms with van der Waals surface area (Å²) in [5.41, 5.74) is 10.1. The summed E-state index contributed by atoms with van der Waals surface area (Å²) >= 11 is 6.31. The molecular formula is C17H21ClN6O. The Labute approximate surface area is 151 Å². The van der Waals surface area contributed by atoms with Gasteiger partial charge in [-0.25, -0.2) is 9.67 Å². The van der Waals surface area contributed by atoms with E-state index in [1.54, 1.807) is 18.0 Å². The van der Waals surface area contributed by atoms with E-state index in [1.807, 2.05) is 13.8 Å². The number of anilines is 1. The van der Waals surface area contributed by atoms with Gasteiger partial charge in [0, 0.05) is 17.3 Å². The molecule has 0 bridgehead atoms. The quantitative estimate of drug-likeness (QED) is 0.718. The summed E-state index contributed by atoms with van der Waals surface area (Å²) < 4.78 is 7.26. The third kappa shape index (κ3) is 3.00. The minimum absolute atomic E-state index is 0.125. The molecule has 25 heavy (non-hydrogen) atoms. The molecule has 7 nitrogen and oxygen atoms in total. The fraction of sp³-hybridized carbons (Fsp3) is 0.412. The largest absolute Gasteiger partial charge is 0.496 e. The second-order valence-electron chi connectivity index (χ2n) is 6.31. The van der Waals surface area contributed by atoms with E-state index in [2.05, 4.69) is 28.8 Å². The average Bonchev–Trinajstić information content (AvgIpc) is 2.90. The van der Waals surface area contributed by atoms with E-state index < -0.39 is 0 Å². The first-order chi connectivity index (χ1) is 11.8. The van der Waals surface area contributed by atoms with Gasteiger partial charge in [0.1, 0.15) is 10.9 Å². The van der Waals surface area contributed by atoms with E-state index >= 15 is 0 Å². The van der Waals surface area contributed by atoms with E-state index in [9.17, 15) is 0 Å². The molecule has 3 heterocycles. The smallest absolute Gasteiger partial charge is 0.223 e. The Morgan fingerprint density at radius 3 is 2.64 bits per heavy atom. The normalized spacial score (nSPS) is 11.5. The van der Waals surface area contributed by atoms with Crippen LogP contribution >= 0.6 is 11.6 Å². The van der Waals surface area contributed by atoms with Gasteiger partial charge in [-0.3, -0.25) is 4.98 Å². The van der Waals surface area contributed by atoms with Crippen LogP contribution in [-0.2, 0) is 6.54 Å². The number of nitrogen functional groups attached to an aromatic ring is 1. The number of hydrogen-bond donors (Lipinski definition) is 1. The zero-order chi connectivity index (χ0) is 18.3. The van der Waals surface area contributed by atoms with Crippen molar-refractivity contribution in [1.82, 2.24) is 24.7 Å². The molecule has 0 spiro atoms. The number of halogens is 1. The lowest BCUT2D eigenvalue weighted by Crippen LogP contribution is -2.09. The van der Waals surface area contributed by atoms with Crippen molar-refractivity contribution >= 4 is 28.6 Å². The third-order valence-electron chi connectivity index (χ3n) is 4.19. The van der Waals surface area contributed by atoms with E-state index in [4.69, 9.17) is 27.2 Å². The Morgan fingerprint density at radius 1 is 1.28 bits per heavy atom. The summed E-state index contributed by atoms with van der Waals surface area (Å²) in [6.07, 6.45) is 1.80. The number of rotatable bonds is 4. The predicted octanol–water partition coefficient (Wildman–Crippen LogP) is 3.25. The molecule has 0 atom stereocenters. The van der Waals surface area contributed by atoms with Gasteiger partial charge in [-0.05, 0) is 19.8 Å². The lowest BCUT2D eigenvalue weighted by atomic mass is 10.1. The highest BCUT2D eigenvalue weighted by Gasteiger charge is 2.20. The highest BCUT2D eigenvalue weighted by Crippen LogP contribution is 2.31. The summed E-state index contributed by atoms with van der Waals surface area (Å²) in [4.78, 5) is 13.0. The van der Waals surface area contributed by atoms with Crippen molar-refractivity contribution < 1.29 is 4.74 Å². The number of aryl methyl sites for hydroxylation is 1. The van der Waals surface area contributed by atoms with Crippen LogP contribution in [0.15, 0.2) is 6.20 Å². The molecule has 0 aliphatic heterocycles. The fourth-order valence-electron chi connectivity index (χ4n) is 2.96. The van der Waals surface area contributed by atoms with Crippen LogP contribution in [0, 0.1) is 13.8 Å². The predicted molar refractivity (Wildman–Crippen MR) is 98.2 cm³/mol. The van der Waals surface area contributed by atoms with Crippen molar-refractivity contribution in [3.63, 3.8) is 0 Å². The van der Waals surface area contributed by atoms with Gasteiger partial charge in [0.25, 0.3) is 0 Å². The van der Waals surface area contributed by atoms with Crippen LogP contribution in [0.2, 0.25) is 5.15 Å². The minimum atomic E-state index is 0.125. The standard InChI is InChI=1S/C17H21ClN6O/c1-8(2)13-12-15(18)21-17(19)22-16(12)24(23-13)7-11-10(4)14(25-5)9(3)6-20-11/h6,8H,7H2,1-5H3,(H2,19,21,22). The van der Waals surface area contributed by atoms with Gasteiger partial charge >= 0.3 is 0 Å². The van der Waals surface area contributed by atoms with Crippen molar-refractivity contribution in [2.45, 2.75) is 40.2 Å². The molecule has 0 amide bonds. The van der Waals surface area contributed by atoms with Crippen LogP contribution in [0.1, 0.15) is 42.3 Å². The number of nitrogens with zero attached hydrogens (tertiary/aromatic N) is 5. The molecular weight excluding hydrogens is 340 g/mol. The monoisotopic (exact) mass is 360 g/mol. The summed E-state index contributed by atoms with van der Waals surface area (Å²) in [5.74, 6) is 1.13. The van der Waals surface area contributed by atoms with Crippen LogP contribution in [-0.4, -0.2) is 31.8 Å². The van der Waals surface area contributed by atoms with Gasteiger partial charge in [0.15, 0.2) is 5.65 Å². The fourth-order valence-corrected chi connectivity index (χ4v) is 3.23. The zero-order valence-corrected chi connectivity index (χ0v) is 15.7. The SMILES string of the molecule is COc1c(C)cnc(Cn2nc(C(C)C)c3c(Cl)nc(N)nc32)c1C. The molecule has 0 aliphatic rings. The summed E-state index contributed by atoms with van der Waals surface area (Å²) in [7, 11) is 1.66. The molecule has 0 saturated heterocycles. The number of ether oxygens (including phenoxy) is 1. The first-order valence-electron chi connectivity index (χ1n) is 8.02. The van der Waals surface area contributed by atoms with Crippen molar-refractivity contribution in [2.75, 3.05) is 12.8 Å². The molecule has 0 saturated carbocycles. The first kappa shape index (κ1) is 17.4. The van der Waals surface area contributed by atoms with E-state index in [0.29, 0.717) is 17.3 Å². The Morgan fingerprint density at radius 2 is 2.00 bits per heavy atom. The van der Waals surface area contributed by atoms with Crippen molar-refractivity contribution in [1.29, 1.82) is 0 Å². The molecule has 2 N–H and O–H groups in total. The highest BCUT2D eigenvalue weighted by molar-refractivity contribution is 6.34. The van der Waals surface area contributed by atoms with Crippen molar-refractivity contribution in [3.8, 4) is 5.75 Å². The molecule has 8 heteroatoms. The molecule has 3 aromatic rings. The number of nitrogens with two attached hydrogens (primary N) is 1. The molecule has 3 rings (SSSR count). The Balaban J connectivity index is 2.17. The summed E-state index contributed by atoms with van der Waals surface area (Å²) in [6, 6.07) is 0. The zero-order valence-electron chi connectivity index (χ0n) is 15.0. The Kier molecular flexibility index (Phi) is 4.51. The molecule has 0 unspecified atom stereocenters. The summed E-state index contributed by atoms with van der Waals surface area (Å²) in [6.45, 7) is 8.50. The van der Waals surface area contributed by atoms with Gasteiger partial charge in [-0.2, -0.15) is 10.1 Å². The topological polar surface area (TPSA) is 91.7 Å². The first-order valence-corrected chi connectivity index (χ1v) is 8.39. The van der Waals surface area contributed by atoms with E-state index in [0.717, 1.165) is 33.7 Å². The molecule has 132 valence electrons. The lowest BCUT2D eigenvalue weighted by Gasteiger charge is -2.12. The highest BCUT2D eigenvalue weighted by atomic mass is 35.5. The molecule has 0 aromatic carbocycles. The second kappa shape index (κ2) is 6.48. The molecule has 0 aliphatic carbocycles. The Hall–Kier alpha value is -2.41. The maximum atomic E-state index is 6.31. The van der Waals surface area contributed by atoms with Crippen LogP contribution in [0.3, 0.4) is 0 Å². The maximum Gasteiger partial charge on any atom is 0.223 e. The Bertz CT molecular complexity index is 950. The summed E-state index contributed by atoms with van der Waals surface area (Å²) in [5, 5.41) is 5.76. The van der Waals surface area contributed by atoms with Gasteiger partial charge in [0.2, 0.25) is 5.95 Å². The van der Waals surface area contributed by atoms with E-state index in [1.165, 1.54) is 0 Å². The van der Waals surface area contributed by atoms with Crippen LogP contribution in [0.25, 0.3) is 11.0 Å². The number of pyridine rings is 1. The van der Waals surface area contributed by atoms with Crippen molar-refractivity contribution in [3.05, 3.63) is 33.9 Å². The lowest BCUT2D eigenvalue weighted by molar-refractivity contribution is 0.406. The minimum Gasteiger partial charge on any atom is -0.496 e. The number of methoxy groups -OCH3 is 1. The maximum absolute atomic E-state index is 6.31. The molecule has 0 radical (unpaired) electrons. The van der Waals surface area contributed by atoms with Gasteiger partial charge in [0.05, 0.1) is 30.4 Å². The van der Waals surface area contributed by atoms with Crippen LogP contribution in [0.4, 0.5) is 5.95 Å². The number of hydrogen-bond acceptors (Lipinski definition) is 6. The van der Waals surface area contributed by atoms with Crippen LogP contribution < -0.4 is 10.5 Å².